The van der Waals surface area contributed by atoms with Crippen molar-refractivity contribution in [3.8, 4) is 0 Å². The van der Waals surface area contributed by atoms with E-state index in [-0.39, 0.29) is 26.3 Å². The highest BCUT2D eigenvalue weighted by atomic mass is 79.9. The van der Waals surface area contributed by atoms with E-state index in [1.54, 1.807) is 12.1 Å². The Morgan fingerprint density at radius 1 is 1.05 bits per heavy atom. The lowest BCUT2D eigenvalue weighted by Crippen LogP contribution is -2.13. The molecule has 0 heterocycles. The van der Waals surface area contributed by atoms with Gasteiger partial charge < -0.3 is 5.73 Å². The number of nitrogens with one attached hydrogen (secondary N) is 1. The van der Waals surface area contributed by atoms with Crippen molar-refractivity contribution < 1.29 is 8.42 Å². The molecule has 0 saturated heterocycles. The number of sulfonamides is 1. The number of rotatable bonds is 3. The van der Waals surface area contributed by atoms with Gasteiger partial charge in [0.05, 0.1) is 21.4 Å². The molecule has 2 rings (SSSR count). The molecule has 9 heteroatoms. The first-order valence-electron chi connectivity index (χ1n) is 5.43. The average molecular weight is 475 g/mol. The standard InChI is InChI=1S/C12H8Br2Cl2N2O2S/c13-6-1-2-8(14)11(3-6)21(19,20)18-7-4-9(15)12(17)10(16)5-7/h1-5,18H,17H2. The Hall–Kier alpha value is -0.470. The Morgan fingerprint density at radius 3 is 2.19 bits per heavy atom. The molecule has 112 valence electrons. The molecule has 0 atom stereocenters. The van der Waals surface area contributed by atoms with Crippen LogP contribution in [-0.4, -0.2) is 8.42 Å². The first-order valence-corrected chi connectivity index (χ1v) is 9.25. The fourth-order valence-electron chi connectivity index (χ4n) is 1.54. The van der Waals surface area contributed by atoms with Gasteiger partial charge in [-0.3, -0.25) is 4.72 Å². The molecule has 0 aromatic heterocycles. The molecule has 2 aromatic rings. The summed E-state index contributed by atoms with van der Waals surface area (Å²) in [6.45, 7) is 0. The molecular formula is C12H8Br2Cl2N2O2S. The molecule has 0 bridgehead atoms. The summed E-state index contributed by atoms with van der Waals surface area (Å²) in [5.41, 5.74) is 6.04. The third-order valence-corrected chi connectivity index (χ3v) is 6.01. The van der Waals surface area contributed by atoms with E-state index < -0.39 is 10.0 Å². The maximum atomic E-state index is 12.4. The highest BCUT2D eigenvalue weighted by Crippen LogP contribution is 2.33. The zero-order chi connectivity index (χ0) is 15.8. The van der Waals surface area contributed by atoms with Gasteiger partial charge in [0.15, 0.2) is 0 Å². The van der Waals surface area contributed by atoms with Crippen LogP contribution in [0.4, 0.5) is 11.4 Å². The fourth-order valence-corrected chi connectivity index (χ4v) is 4.57. The fraction of sp³-hybridized carbons (Fsp3) is 0. The highest BCUT2D eigenvalue weighted by Gasteiger charge is 2.19. The molecule has 0 unspecified atom stereocenters. The third-order valence-electron chi connectivity index (χ3n) is 2.51. The van der Waals surface area contributed by atoms with E-state index in [1.165, 1.54) is 18.2 Å². The molecule has 0 aliphatic carbocycles. The first kappa shape index (κ1) is 16.9. The summed E-state index contributed by atoms with van der Waals surface area (Å²) in [5, 5.41) is 0.349. The van der Waals surface area contributed by atoms with Crippen molar-refractivity contribution >= 4 is 76.5 Å². The minimum absolute atomic E-state index is 0.0842. The molecular weight excluding hydrogens is 467 g/mol. The topological polar surface area (TPSA) is 72.2 Å². The van der Waals surface area contributed by atoms with Gasteiger partial charge in [-0.15, -0.1) is 0 Å². The van der Waals surface area contributed by atoms with Crippen LogP contribution in [0.3, 0.4) is 0 Å². The molecule has 0 fully saturated rings. The van der Waals surface area contributed by atoms with Crippen LogP contribution in [0.15, 0.2) is 44.2 Å². The van der Waals surface area contributed by atoms with E-state index in [0.717, 1.165) is 0 Å². The maximum Gasteiger partial charge on any atom is 0.263 e. The lowest BCUT2D eigenvalue weighted by atomic mass is 10.3. The van der Waals surface area contributed by atoms with Crippen molar-refractivity contribution in [3.63, 3.8) is 0 Å². The number of benzene rings is 2. The van der Waals surface area contributed by atoms with E-state index >= 15 is 0 Å². The van der Waals surface area contributed by atoms with Crippen molar-refractivity contribution in [3.05, 3.63) is 49.3 Å². The molecule has 2 aromatic carbocycles. The van der Waals surface area contributed by atoms with Crippen molar-refractivity contribution in [2.24, 2.45) is 0 Å². The van der Waals surface area contributed by atoms with Crippen LogP contribution in [-0.2, 0) is 10.0 Å². The second-order valence-electron chi connectivity index (χ2n) is 4.03. The van der Waals surface area contributed by atoms with E-state index in [2.05, 4.69) is 36.6 Å². The van der Waals surface area contributed by atoms with E-state index in [0.29, 0.717) is 8.95 Å². The summed E-state index contributed by atoms with van der Waals surface area (Å²) in [6, 6.07) is 7.62. The highest BCUT2D eigenvalue weighted by molar-refractivity contribution is 9.11. The van der Waals surface area contributed by atoms with Crippen molar-refractivity contribution in [2.45, 2.75) is 4.90 Å². The van der Waals surface area contributed by atoms with Crippen molar-refractivity contribution in [1.29, 1.82) is 0 Å². The van der Waals surface area contributed by atoms with Crippen LogP contribution < -0.4 is 10.5 Å². The second-order valence-corrected chi connectivity index (χ2v) is 8.27. The molecule has 0 spiro atoms. The molecule has 21 heavy (non-hydrogen) atoms. The van der Waals surface area contributed by atoms with Gasteiger partial charge >= 0.3 is 0 Å². The molecule has 0 radical (unpaired) electrons. The van der Waals surface area contributed by atoms with Crippen LogP contribution in [0, 0.1) is 0 Å². The molecule has 0 saturated carbocycles. The molecule has 0 aliphatic heterocycles. The Balaban J connectivity index is 2.45. The number of hydrogen-bond donors (Lipinski definition) is 2. The number of anilines is 2. The maximum absolute atomic E-state index is 12.4. The van der Waals surface area contributed by atoms with Crippen LogP contribution in [0.2, 0.25) is 10.0 Å². The van der Waals surface area contributed by atoms with Crippen molar-refractivity contribution in [2.75, 3.05) is 10.5 Å². The summed E-state index contributed by atoms with van der Waals surface area (Å²) in [6.07, 6.45) is 0. The lowest BCUT2D eigenvalue weighted by molar-refractivity contribution is 0.600. The minimum atomic E-state index is -3.80. The predicted octanol–water partition coefficient (Wildman–Crippen LogP) is 4.90. The largest absolute Gasteiger partial charge is 0.396 e. The summed E-state index contributed by atoms with van der Waals surface area (Å²) in [5.74, 6) is 0. The van der Waals surface area contributed by atoms with E-state index in [4.69, 9.17) is 28.9 Å². The van der Waals surface area contributed by atoms with Gasteiger partial charge in [0.25, 0.3) is 10.0 Å². The Morgan fingerprint density at radius 2 is 1.62 bits per heavy atom. The zero-order valence-electron chi connectivity index (χ0n) is 10.2. The van der Waals surface area contributed by atoms with Crippen LogP contribution >= 0.6 is 55.1 Å². The van der Waals surface area contributed by atoms with Gasteiger partial charge in [0.2, 0.25) is 0 Å². The second kappa shape index (κ2) is 6.34. The van der Waals surface area contributed by atoms with E-state index in [1.807, 2.05) is 0 Å². The third kappa shape index (κ3) is 3.84. The summed E-state index contributed by atoms with van der Waals surface area (Å²) in [7, 11) is -3.80. The molecule has 0 aliphatic rings. The minimum Gasteiger partial charge on any atom is -0.396 e. The normalized spacial score (nSPS) is 11.4. The average Bonchev–Trinajstić information content (AvgIpc) is 2.38. The van der Waals surface area contributed by atoms with Gasteiger partial charge in [-0.25, -0.2) is 8.42 Å². The molecule has 3 N–H and O–H groups in total. The number of hydrogen-bond acceptors (Lipinski definition) is 3. The zero-order valence-corrected chi connectivity index (χ0v) is 15.7. The number of halogens is 4. The summed E-state index contributed by atoms with van der Waals surface area (Å²) >= 11 is 18.2. The Labute approximate surface area is 148 Å². The number of nitrogens with two attached hydrogens (primary N) is 1. The van der Waals surface area contributed by atoms with Gasteiger partial charge in [0, 0.05) is 8.95 Å². The Bertz CT molecular complexity index is 790. The quantitative estimate of drug-likeness (QED) is 0.621. The van der Waals surface area contributed by atoms with Gasteiger partial charge in [-0.05, 0) is 46.3 Å². The van der Waals surface area contributed by atoms with Gasteiger partial charge in [0.1, 0.15) is 4.90 Å². The predicted molar refractivity (Wildman–Crippen MR) is 93.5 cm³/mol. The summed E-state index contributed by atoms with van der Waals surface area (Å²) in [4.78, 5) is 0.0842. The Kier molecular flexibility index (Phi) is 5.10. The van der Waals surface area contributed by atoms with E-state index in [9.17, 15) is 8.42 Å². The van der Waals surface area contributed by atoms with Crippen molar-refractivity contribution in [1.82, 2.24) is 0 Å². The monoisotopic (exact) mass is 472 g/mol. The van der Waals surface area contributed by atoms with Crippen LogP contribution in [0.25, 0.3) is 0 Å². The van der Waals surface area contributed by atoms with Gasteiger partial charge in [-0.2, -0.15) is 0 Å². The van der Waals surface area contributed by atoms with Crippen LogP contribution in [0.5, 0.6) is 0 Å². The SMILES string of the molecule is Nc1c(Cl)cc(NS(=O)(=O)c2cc(Br)ccc2Br)cc1Cl. The molecule has 4 nitrogen and oxygen atoms in total. The first-order chi connectivity index (χ1) is 9.70. The smallest absolute Gasteiger partial charge is 0.263 e. The summed E-state index contributed by atoms with van der Waals surface area (Å²) < 4.78 is 28.3. The number of nitrogen functional groups attached to an aromatic ring is 1. The van der Waals surface area contributed by atoms with Gasteiger partial charge in [-0.1, -0.05) is 39.1 Å². The van der Waals surface area contributed by atoms with Crippen LogP contribution in [0.1, 0.15) is 0 Å². The molecule has 0 amide bonds. The lowest BCUT2D eigenvalue weighted by Gasteiger charge is -2.12.